The number of likely N-dealkylation sites (N-methyl/N-ethyl adjacent to an activating group) is 2. The maximum atomic E-state index is 12.1. The summed E-state index contributed by atoms with van der Waals surface area (Å²) < 4.78 is 1.97. The fourth-order valence-electron chi connectivity index (χ4n) is 2.67. The summed E-state index contributed by atoms with van der Waals surface area (Å²) >= 11 is 0. The van der Waals surface area contributed by atoms with E-state index < -0.39 is 0 Å². The molecule has 0 aliphatic rings. The number of hydrogen-bond donors (Lipinski definition) is 0. The third kappa shape index (κ3) is 3.62. The van der Waals surface area contributed by atoms with E-state index >= 15 is 0 Å². The molecule has 1 atom stereocenters. The molecule has 1 aromatic carbocycles. The number of carbonyl (C=O) groups is 1. The molecule has 124 valence electrons. The molecule has 0 bridgehead atoms. The highest BCUT2D eigenvalue weighted by Crippen LogP contribution is 2.20. The summed E-state index contributed by atoms with van der Waals surface area (Å²) in [7, 11) is 5.55. The van der Waals surface area contributed by atoms with Crippen molar-refractivity contribution in [3.05, 3.63) is 47.3 Å². The molecule has 0 aliphatic carbocycles. The van der Waals surface area contributed by atoms with Gasteiger partial charge in [-0.3, -0.25) is 9.69 Å². The minimum absolute atomic E-state index is 0.109. The topological polar surface area (TPSA) is 41.4 Å². The molecular formula is C18H26N4O. The highest BCUT2D eigenvalue weighted by molar-refractivity contribution is 5.80. The van der Waals surface area contributed by atoms with Gasteiger partial charge < -0.3 is 4.90 Å². The molecule has 1 aromatic heterocycles. The first kappa shape index (κ1) is 17.2. The van der Waals surface area contributed by atoms with Crippen LogP contribution in [0.15, 0.2) is 30.3 Å². The second-order valence-electron chi connectivity index (χ2n) is 6.22. The van der Waals surface area contributed by atoms with Gasteiger partial charge in [-0.2, -0.15) is 5.10 Å². The maximum absolute atomic E-state index is 12.1. The Kier molecular flexibility index (Phi) is 5.21. The van der Waals surface area contributed by atoms with E-state index in [4.69, 9.17) is 0 Å². The van der Waals surface area contributed by atoms with Crippen LogP contribution >= 0.6 is 0 Å². The molecule has 0 spiro atoms. The summed E-state index contributed by atoms with van der Waals surface area (Å²) in [4.78, 5) is 15.8. The molecule has 0 radical (unpaired) electrons. The zero-order chi connectivity index (χ0) is 17.1. The van der Waals surface area contributed by atoms with Crippen LogP contribution < -0.4 is 0 Å². The van der Waals surface area contributed by atoms with Gasteiger partial charge in [-0.1, -0.05) is 18.2 Å². The third-order valence-electron chi connectivity index (χ3n) is 4.31. The molecule has 0 N–H and O–H groups in total. The third-order valence-corrected chi connectivity index (χ3v) is 4.31. The molecule has 5 heteroatoms. The van der Waals surface area contributed by atoms with Gasteiger partial charge in [0.25, 0.3) is 0 Å². The normalized spacial score (nSPS) is 12.5. The van der Waals surface area contributed by atoms with Crippen molar-refractivity contribution in [2.45, 2.75) is 33.4 Å². The molecule has 2 rings (SSSR count). The van der Waals surface area contributed by atoms with Crippen LogP contribution in [0, 0.1) is 13.8 Å². The van der Waals surface area contributed by atoms with Crippen LogP contribution in [-0.2, 0) is 11.3 Å². The fraction of sp³-hybridized carbons (Fsp3) is 0.444. The van der Waals surface area contributed by atoms with Crippen LogP contribution in [0.2, 0.25) is 0 Å². The van der Waals surface area contributed by atoms with E-state index in [1.807, 2.05) is 55.9 Å². The van der Waals surface area contributed by atoms with Crippen molar-refractivity contribution >= 4 is 5.91 Å². The van der Waals surface area contributed by atoms with Gasteiger partial charge in [0.15, 0.2) is 0 Å². The largest absolute Gasteiger partial charge is 0.347 e. The maximum Gasteiger partial charge on any atom is 0.239 e. The van der Waals surface area contributed by atoms with E-state index in [0.717, 1.165) is 17.1 Å². The van der Waals surface area contributed by atoms with E-state index in [-0.39, 0.29) is 11.9 Å². The van der Waals surface area contributed by atoms with Crippen LogP contribution in [0.25, 0.3) is 5.69 Å². The molecule has 2 aromatic rings. The van der Waals surface area contributed by atoms with Crippen molar-refractivity contribution in [3.8, 4) is 5.69 Å². The molecule has 5 nitrogen and oxygen atoms in total. The Hall–Kier alpha value is -2.14. The number of benzene rings is 1. The molecule has 1 amide bonds. The zero-order valence-corrected chi connectivity index (χ0v) is 14.9. The van der Waals surface area contributed by atoms with Crippen LogP contribution in [0.3, 0.4) is 0 Å². The molecule has 23 heavy (non-hydrogen) atoms. The smallest absolute Gasteiger partial charge is 0.239 e. The minimum Gasteiger partial charge on any atom is -0.347 e. The van der Waals surface area contributed by atoms with Crippen molar-refractivity contribution in [1.82, 2.24) is 19.6 Å². The second-order valence-corrected chi connectivity index (χ2v) is 6.22. The van der Waals surface area contributed by atoms with E-state index in [9.17, 15) is 4.79 Å². The van der Waals surface area contributed by atoms with Crippen LogP contribution in [0.1, 0.15) is 23.9 Å². The monoisotopic (exact) mass is 314 g/mol. The molecule has 1 heterocycles. The molecule has 0 saturated heterocycles. The molecule has 0 fully saturated rings. The molecule has 0 saturated carbocycles. The average molecular weight is 314 g/mol. The Bertz CT molecular complexity index is 676. The number of amides is 1. The van der Waals surface area contributed by atoms with Gasteiger partial charge in [-0.25, -0.2) is 4.68 Å². The zero-order valence-electron chi connectivity index (χ0n) is 14.9. The van der Waals surface area contributed by atoms with Crippen LogP contribution in [-0.4, -0.2) is 52.7 Å². The lowest BCUT2D eigenvalue weighted by molar-refractivity contribution is -0.133. The minimum atomic E-state index is -0.163. The quantitative estimate of drug-likeness (QED) is 0.851. The number of aryl methyl sites for hydroxylation is 1. The lowest BCUT2D eigenvalue weighted by Gasteiger charge is -2.26. The standard InChI is InChI=1S/C18H26N4O/c1-13-17(12-21(6)15(3)18(23)20(4)5)14(2)22(19-13)16-10-8-7-9-11-16/h7-11,15H,12H2,1-6H3/t15-/m1/s1. The first-order chi connectivity index (χ1) is 10.8. The lowest BCUT2D eigenvalue weighted by Crippen LogP contribution is -2.42. The van der Waals surface area contributed by atoms with Gasteiger partial charge in [-0.05, 0) is 40.0 Å². The average Bonchev–Trinajstić information content (AvgIpc) is 2.82. The van der Waals surface area contributed by atoms with E-state index in [1.54, 1.807) is 19.0 Å². The molecule has 0 unspecified atom stereocenters. The molecule has 0 aliphatic heterocycles. The number of aromatic nitrogens is 2. The SMILES string of the molecule is Cc1nn(-c2ccccc2)c(C)c1CN(C)[C@H](C)C(=O)N(C)C. The number of rotatable bonds is 5. The first-order valence-electron chi connectivity index (χ1n) is 7.84. The van der Waals surface area contributed by atoms with Crippen molar-refractivity contribution in [2.75, 3.05) is 21.1 Å². The van der Waals surface area contributed by atoms with Crippen molar-refractivity contribution < 1.29 is 4.79 Å². The summed E-state index contributed by atoms with van der Waals surface area (Å²) in [5.41, 5.74) is 4.35. The number of hydrogen-bond acceptors (Lipinski definition) is 3. The summed E-state index contributed by atoms with van der Waals surface area (Å²) in [6.45, 7) is 6.74. The van der Waals surface area contributed by atoms with Gasteiger partial charge in [-0.15, -0.1) is 0 Å². The highest BCUT2D eigenvalue weighted by Gasteiger charge is 2.22. The van der Waals surface area contributed by atoms with Gasteiger partial charge in [0.2, 0.25) is 5.91 Å². The second kappa shape index (κ2) is 6.96. The van der Waals surface area contributed by atoms with Crippen molar-refractivity contribution in [1.29, 1.82) is 0 Å². The van der Waals surface area contributed by atoms with Gasteiger partial charge in [0.05, 0.1) is 17.4 Å². The number of nitrogens with zero attached hydrogens (tertiary/aromatic N) is 4. The Morgan fingerprint density at radius 1 is 1.17 bits per heavy atom. The summed E-state index contributed by atoms with van der Waals surface area (Å²) in [5.74, 6) is 0.109. The first-order valence-corrected chi connectivity index (χ1v) is 7.84. The Labute approximate surface area is 138 Å². The molecular weight excluding hydrogens is 288 g/mol. The Morgan fingerprint density at radius 2 is 1.78 bits per heavy atom. The summed E-state index contributed by atoms with van der Waals surface area (Å²) in [5, 5.41) is 4.67. The van der Waals surface area contributed by atoms with Crippen molar-refractivity contribution in [3.63, 3.8) is 0 Å². The van der Waals surface area contributed by atoms with Gasteiger partial charge in [0.1, 0.15) is 0 Å². The van der Waals surface area contributed by atoms with Crippen LogP contribution in [0.5, 0.6) is 0 Å². The van der Waals surface area contributed by atoms with Gasteiger partial charge >= 0.3 is 0 Å². The number of carbonyl (C=O) groups excluding carboxylic acids is 1. The van der Waals surface area contributed by atoms with Gasteiger partial charge in [0, 0.05) is 31.9 Å². The Balaban J connectivity index is 2.25. The summed E-state index contributed by atoms with van der Waals surface area (Å²) in [6, 6.07) is 9.95. The van der Waals surface area contributed by atoms with E-state index in [0.29, 0.717) is 6.54 Å². The lowest BCUT2D eigenvalue weighted by atomic mass is 10.1. The van der Waals surface area contributed by atoms with Crippen molar-refractivity contribution in [2.24, 2.45) is 0 Å². The Morgan fingerprint density at radius 3 is 2.35 bits per heavy atom. The number of para-hydroxylation sites is 1. The van der Waals surface area contributed by atoms with E-state index in [2.05, 4.69) is 16.9 Å². The van der Waals surface area contributed by atoms with E-state index in [1.165, 1.54) is 5.56 Å². The summed E-state index contributed by atoms with van der Waals surface area (Å²) in [6.07, 6.45) is 0. The predicted octanol–water partition coefficient (Wildman–Crippen LogP) is 2.40. The predicted molar refractivity (Wildman–Crippen MR) is 92.7 cm³/mol. The fourth-order valence-corrected chi connectivity index (χ4v) is 2.67. The highest BCUT2D eigenvalue weighted by atomic mass is 16.2. The van der Waals surface area contributed by atoms with Crippen LogP contribution in [0.4, 0.5) is 0 Å².